The second-order valence-corrected chi connectivity index (χ2v) is 4.93. The molecule has 3 unspecified atom stereocenters. The average Bonchev–Trinajstić information content (AvgIpc) is 1.83. The third-order valence-corrected chi connectivity index (χ3v) is 3.61. The first-order valence-corrected chi connectivity index (χ1v) is 5.39. The lowest BCUT2D eigenvalue weighted by atomic mass is 9.92. The van der Waals surface area contributed by atoms with Crippen molar-refractivity contribution in [2.24, 2.45) is 11.5 Å². The van der Waals surface area contributed by atoms with Crippen molar-refractivity contribution in [2.75, 3.05) is 0 Å². The second kappa shape index (κ2) is 3.29. The standard InChI is InChI=1S/C6H14N2O3S/c7-4-1-2-6(5(8)3-4)12(9,10)11/h4-6H,1-3,7-8H2,(H,9,10,11). The number of hydrogen-bond acceptors (Lipinski definition) is 4. The molecule has 0 saturated heterocycles. The molecule has 1 rings (SSSR count). The zero-order chi connectivity index (χ0) is 9.35. The van der Waals surface area contributed by atoms with Gasteiger partial charge in [-0.25, -0.2) is 0 Å². The van der Waals surface area contributed by atoms with Crippen molar-refractivity contribution in [2.45, 2.75) is 36.6 Å². The van der Waals surface area contributed by atoms with E-state index in [1.165, 1.54) is 0 Å². The van der Waals surface area contributed by atoms with Gasteiger partial charge in [-0.05, 0) is 19.3 Å². The zero-order valence-electron chi connectivity index (χ0n) is 6.68. The van der Waals surface area contributed by atoms with E-state index < -0.39 is 21.4 Å². The van der Waals surface area contributed by atoms with Crippen LogP contribution in [-0.4, -0.2) is 30.3 Å². The topological polar surface area (TPSA) is 106 Å². The van der Waals surface area contributed by atoms with Gasteiger partial charge in [-0.2, -0.15) is 8.42 Å². The van der Waals surface area contributed by atoms with E-state index in [1.807, 2.05) is 0 Å². The van der Waals surface area contributed by atoms with Crippen LogP contribution >= 0.6 is 0 Å². The minimum absolute atomic E-state index is 0.0296. The van der Waals surface area contributed by atoms with Gasteiger partial charge in [0.05, 0.1) is 0 Å². The normalized spacial score (nSPS) is 38.1. The molecule has 0 aromatic heterocycles. The van der Waals surface area contributed by atoms with E-state index in [0.29, 0.717) is 19.3 Å². The van der Waals surface area contributed by atoms with Gasteiger partial charge in [-0.15, -0.1) is 0 Å². The van der Waals surface area contributed by atoms with Crippen molar-refractivity contribution in [1.29, 1.82) is 0 Å². The summed E-state index contributed by atoms with van der Waals surface area (Å²) in [5.74, 6) is 0. The van der Waals surface area contributed by atoms with Crippen LogP contribution < -0.4 is 11.5 Å². The van der Waals surface area contributed by atoms with Gasteiger partial charge < -0.3 is 11.5 Å². The summed E-state index contributed by atoms with van der Waals surface area (Å²) in [6.07, 6.45) is 1.43. The van der Waals surface area contributed by atoms with Crippen molar-refractivity contribution in [3.8, 4) is 0 Å². The quantitative estimate of drug-likeness (QED) is 0.468. The highest BCUT2D eigenvalue weighted by atomic mass is 32.2. The zero-order valence-corrected chi connectivity index (χ0v) is 7.50. The summed E-state index contributed by atoms with van der Waals surface area (Å²) in [6.45, 7) is 0. The monoisotopic (exact) mass is 194 g/mol. The third kappa shape index (κ3) is 2.16. The average molecular weight is 194 g/mol. The summed E-state index contributed by atoms with van der Waals surface area (Å²) in [5, 5.41) is -0.822. The van der Waals surface area contributed by atoms with Crippen LogP contribution in [0.1, 0.15) is 19.3 Å². The second-order valence-electron chi connectivity index (χ2n) is 3.29. The first kappa shape index (κ1) is 9.91. The van der Waals surface area contributed by atoms with Gasteiger partial charge in [0.2, 0.25) is 0 Å². The summed E-state index contributed by atoms with van der Waals surface area (Å²) in [7, 11) is -3.98. The molecule has 0 aromatic carbocycles. The molecule has 1 saturated carbocycles. The summed E-state index contributed by atoms with van der Waals surface area (Å²) in [5.41, 5.74) is 11.1. The van der Waals surface area contributed by atoms with Crippen molar-refractivity contribution < 1.29 is 13.0 Å². The fraction of sp³-hybridized carbons (Fsp3) is 1.00. The highest BCUT2D eigenvalue weighted by Gasteiger charge is 2.34. The molecule has 0 aliphatic heterocycles. The Morgan fingerprint density at radius 3 is 2.25 bits per heavy atom. The molecule has 1 aliphatic carbocycles. The van der Waals surface area contributed by atoms with Gasteiger partial charge in [0.15, 0.2) is 0 Å². The summed E-state index contributed by atoms with van der Waals surface area (Å²) in [6, 6.07) is -0.554. The fourth-order valence-corrected chi connectivity index (χ4v) is 2.57. The molecule has 6 heteroatoms. The van der Waals surface area contributed by atoms with Crippen LogP contribution in [-0.2, 0) is 10.1 Å². The van der Waals surface area contributed by atoms with Crippen molar-refractivity contribution in [3.63, 3.8) is 0 Å². The SMILES string of the molecule is NC1CCC(S(=O)(=O)O)C(N)C1. The third-order valence-electron chi connectivity index (χ3n) is 2.26. The van der Waals surface area contributed by atoms with Gasteiger partial charge in [-0.1, -0.05) is 0 Å². The molecular formula is C6H14N2O3S. The molecule has 0 aromatic rings. The Bertz CT molecular complexity index is 252. The Hall–Kier alpha value is -0.170. The predicted octanol–water partition coefficient (Wildman–Crippen LogP) is -0.919. The van der Waals surface area contributed by atoms with Crippen LogP contribution in [0.5, 0.6) is 0 Å². The van der Waals surface area contributed by atoms with Crippen molar-refractivity contribution >= 4 is 10.1 Å². The van der Waals surface area contributed by atoms with E-state index in [9.17, 15) is 8.42 Å². The van der Waals surface area contributed by atoms with Crippen molar-refractivity contribution in [3.05, 3.63) is 0 Å². The summed E-state index contributed by atoms with van der Waals surface area (Å²) >= 11 is 0. The molecule has 5 nitrogen and oxygen atoms in total. The van der Waals surface area contributed by atoms with Gasteiger partial charge in [0.25, 0.3) is 10.1 Å². The highest BCUT2D eigenvalue weighted by Crippen LogP contribution is 2.21. The molecule has 5 N–H and O–H groups in total. The largest absolute Gasteiger partial charge is 0.328 e. The molecule has 12 heavy (non-hydrogen) atoms. The molecule has 0 spiro atoms. The summed E-state index contributed by atoms with van der Waals surface area (Å²) in [4.78, 5) is 0. The molecule has 1 fully saturated rings. The van der Waals surface area contributed by atoms with E-state index in [0.717, 1.165) is 0 Å². The lowest BCUT2D eigenvalue weighted by molar-refractivity contribution is 0.366. The van der Waals surface area contributed by atoms with Crippen LogP contribution in [0.25, 0.3) is 0 Å². The first-order chi connectivity index (χ1) is 5.41. The maximum atomic E-state index is 10.7. The number of nitrogens with two attached hydrogens (primary N) is 2. The Kier molecular flexibility index (Phi) is 2.72. The van der Waals surface area contributed by atoms with E-state index in [2.05, 4.69) is 0 Å². The Morgan fingerprint density at radius 1 is 1.25 bits per heavy atom. The van der Waals surface area contributed by atoms with E-state index in [4.69, 9.17) is 16.0 Å². The minimum Gasteiger partial charge on any atom is -0.328 e. The van der Waals surface area contributed by atoms with Crippen LogP contribution in [0.3, 0.4) is 0 Å². The summed E-state index contributed by atoms with van der Waals surface area (Å²) < 4.78 is 30.2. The molecule has 0 bridgehead atoms. The molecule has 1 aliphatic rings. The van der Waals surface area contributed by atoms with E-state index >= 15 is 0 Å². The Balaban J connectivity index is 2.69. The van der Waals surface area contributed by atoms with E-state index in [1.54, 1.807) is 0 Å². The Morgan fingerprint density at radius 2 is 1.83 bits per heavy atom. The van der Waals surface area contributed by atoms with Crippen LogP contribution in [0.15, 0.2) is 0 Å². The fourth-order valence-electron chi connectivity index (χ4n) is 1.58. The molecule has 0 radical (unpaired) electrons. The molecule has 3 atom stereocenters. The van der Waals surface area contributed by atoms with Crippen LogP contribution in [0.2, 0.25) is 0 Å². The van der Waals surface area contributed by atoms with Crippen molar-refractivity contribution in [1.82, 2.24) is 0 Å². The maximum Gasteiger partial charge on any atom is 0.269 e. The number of rotatable bonds is 1. The van der Waals surface area contributed by atoms with Crippen LogP contribution in [0, 0.1) is 0 Å². The molecular weight excluding hydrogens is 180 g/mol. The van der Waals surface area contributed by atoms with Gasteiger partial charge in [0.1, 0.15) is 5.25 Å². The lowest BCUT2D eigenvalue weighted by Gasteiger charge is -2.29. The Labute approximate surface area is 71.9 Å². The van der Waals surface area contributed by atoms with E-state index in [-0.39, 0.29) is 6.04 Å². The smallest absolute Gasteiger partial charge is 0.269 e. The van der Waals surface area contributed by atoms with Crippen LogP contribution in [0.4, 0.5) is 0 Å². The lowest BCUT2D eigenvalue weighted by Crippen LogP contribution is -2.48. The van der Waals surface area contributed by atoms with Gasteiger partial charge >= 0.3 is 0 Å². The molecule has 0 heterocycles. The predicted molar refractivity (Wildman–Crippen MR) is 45.1 cm³/mol. The molecule has 72 valence electrons. The maximum absolute atomic E-state index is 10.7. The minimum atomic E-state index is -3.98. The van der Waals surface area contributed by atoms with Gasteiger partial charge in [-0.3, -0.25) is 4.55 Å². The first-order valence-electron chi connectivity index (χ1n) is 3.88. The number of hydrogen-bond donors (Lipinski definition) is 3. The molecule has 0 amide bonds. The van der Waals surface area contributed by atoms with Gasteiger partial charge in [0, 0.05) is 12.1 Å². The highest BCUT2D eigenvalue weighted by molar-refractivity contribution is 7.86.